The Morgan fingerprint density at radius 2 is 1.22 bits per heavy atom. The van der Waals surface area contributed by atoms with Gasteiger partial charge in [-0.05, 0) is 48.7 Å². The molecule has 0 unspecified atom stereocenters. The van der Waals surface area contributed by atoms with Crippen LogP contribution in [0.2, 0.25) is 0 Å². The van der Waals surface area contributed by atoms with Crippen LogP contribution in [0, 0.1) is 0 Å². The second kappa shape index (κ2) is 9.59. The summed E-state index contributed by atoms with van der Waals surface area (Å²) in [5.41, 5.74) is 1.11. The molecular weight excluding hydrogens is 375 g/mol. The molecule has 0 saturated heterocycles. The summed E-state index contributed by atoms with van der Waals surface area (Å²) >= 11 is 5.76. The van der Waals surface area contributed by atoms with E-state index in [1.807, 2.05) is 78.9 Å². The number of rotatable bonds is 9. The maximum atomic E-state index is 6.22. The number of unbranched alkanes of at least 4 members (excludes halogenated alkanes) is 1. The minimum Gasteiger partial charge on any atom is -0.407 e. The molecule has 0 fully saturated rings. The largest absolute Gasteiger partial charge is 0.490 e. The van der Waals surface area contributed by atoms with Gasteiger partial charge in [-0.25, -0.2) is 0 Å². The molecule has 0 bridgehead atoms. The molecule has 0 aliphatic rings. The van der Waals surface area contributed by atoms with E-state index in [-0.39, 0.29) is 0 Å². The second-order valence-corrected chi connectivity index (χ2v) is 8.84. The summed E-state index contributed by atoms with van der Waals surface area (Å²) in [5.74, 6) is 1.98. The van der Waals surface area contributed by atoms with Crippen molar-refractivity contribution in [3.8, 4) is 17.2 Å². The monoisotopic (exact) mass is 398 g/mol. The molecule has 0 heterocycles. The summed E-state index contributed by atoms with van der Waals surface area (Å²) in [6, 6.07) is 26.8. The Labute approximate surface area is 166 Å². The van der Waals surface area contributed by atoms with Crippen LogP contribution in [0.25, 0.3) is 0 Å². The van der Waals surface area contributed by atoms with Gasteiger partial charge in [-0.3, -0.25) is 0 Å². The van der Waals surface area contributed by atoms with Gasteiger partial charge in [-0.2, -0.15) is 0 Å². The lowest BCUT2D eigenvalue weighted by atomic mass is 10.1. The van der Waals surface area contributed by atoms with Crippen LogP contribution in [0.15, 0.2) is 84.9 Å². The minimum absolute atomic E-state index is 0.628. The van der Waals surface area contributed by atoms with Gasteiger partial charge >= 0.3 is 6.72 Å². The fraction of sp³-hybridized carbons (Fsp3) is 0.182. The van der Waals surface area contributed by atoms with Gasteiger partial charge in [0, 0.05) is 11.8 Å². The van der Waals surface area contributed by atoms with Crippen LogP contribution in [0.1, 0.15) is 25.3 Å². The first kappa shape index (κ1) is 19.5. The number of hydrogen-bond donors (Lipinski definition) is 0. The number of benzene rings is 3. The summed E-state index contributed by atoms with van der Waals surface area (Å²) < 4.78 is 18.3. The van der Waals surface area contributed by atoms with E-state index < -0.39 is 6.72 Å². The van der Waals surface area contributed by atoms with Crippen molar-refractivity contribution in [1.82, 2.24) is 0 Å². The molecule has 0 aliphatic heterocycles. The van der Waals surface area contributed by atoms with Crippen molar-refractivity contribution in [2.45, 2.75) is 26.2 Å². The predicted octanol–water partition coefficient (Wildman–Crippen LogP) is 6.79. The van der Waals surface area contributed by atoms with Crippen LogP contribution in [0.4, 0.5) is 0 Å². The lowest BCUT2D eigenvalue weighted by molar-refractivity contribution is 0.382. The lowest BCUT2D eigenvalue weighted by Gasteiger charge is -2.24. The van der Waals surface area contributed by atoms with Crippen LogP contribution in [-0.2, 0) is 18.2 Å². The normalized spacial score (nSPS) is 11.0. The van der Waals surface area contributed by atoms with E-state index in [4.69, 9.17) is 25.4 Å². The van der Waals surface area contributed by atoms with Gasteiger partial charge in [-0.15, -0.1) is 0 Å². The first-order valence-electron chi connectivity index (χ1n) is 9.05. The van der Waals surface area contributed by atoms with Crippen LogP contribution >= 0.6 is 6.72 Å². The molecule has 0 radical (unpaired) electrons. The molecule has 3 aromatic carbocycles. The zero-order valence-electron chi connectivity index (χ0n) is 15.3. The standard InChI is InChI=1S/C22H23O3PS/c1-2-3-12-19-13-10-11-18-22(19)25-26(27,23-20-14-6-4-7-15-20)24-21-16-8-5-9-17-21/h4-11,13-18H,2-3,12H2,1H3. The third-order valence-electron chi connectivity index (χ3n) is 3.90. The smallest absolute Gasteiger partial charge is 0.407 e. The molecule has 3 aromatic rings. The topological polar surface area (TPSA) is 27.7 Å². The SMILES string of the molecule is CCCCc1ccccc1OP(=S)(Oc1ccccc1)Oc1ccccc1. The lowest BCUT2D eigenvalue weighted by Crippen LogP contribution is -2.08. The van der Waals surface area contributed by atoms with Gasteiger partial charge in [-0.1, -0.05) is 67.9 Å². The Kier molecular flexibility index (Phi) is 6.92. The molecule has 3 rings (SSSR count). The van der Waals surface area contributed by atoms with Gasteiger partial charge in [0.2, 0.25) is 0 Å². The number of para-hydroxylation sites is 3. The fourth-order valence-electron chi connectivity index (χ4n) is 2.56. The molecule has 0 atom stereocenters. The van der Waals surface area contributed by atoms with E-state index in [9.17, 15) is 0 Å². The molecule has 140 valence electrons. The Balaban J connectivity index is 1.89. The highest BCUT2D eigenvalue weighted by Gasteiger charge is 2.27. The van der Waals surface area contributed by atoms with E-state index in [1.165, 1.54) is 0 Å². The van der Waals surface area contributed by atoms with Crippen LogP contribution in [0.3, 0.4) is 0 Å². The summed E-state index contributed by atoms with van der Waals surface area (Å²) in [5, 5.41) is 0. The Bertz CT molecular complexity index is 839. The van der Waals surface area contributed by atoms with E-state index in [2.05, 4.69) is 13.0 Å². The van der Waals surface area contributed by atoms with Crippen LogP contribution < -0.4 is 13.6 Å². The molecular formula is C22H23O3PS. The van der Waals surface area contributed by atoms with Crippen molar-refractivity contribution >= 4 is 18.5 Å². The minimum atomic E-state index is -3.11. The van der Waals surface area contributed by atoms with Crippen molar-refractivity contribution in [2.24, 2.45) is 0 Å². The highest BCUT2D eigenvalue weighted by molar-refractivity contribution is 8.08. The van der Waals surface area contributed by atoms with Crippen LogP contribution in [-0.4, -0.2) is 0 Å². The van der Waals surface area contributed by atoms with Gasteiger partial charge in [0.15, 0.2) is 0 Å². The van der Waals surface area contributed by atoms with E-state index in [1.54, 1.807) is 0 Å². The Morgan fingerprint density at radius 1 is 0.704 bits per heavy atom. The Hall–Kier alpha value is -2.29. The molecule has 0 N–H and O–H groups in total. The van der Waals surface area contributed by atoms with Gasteiger partial charge < -0.3 is 13.6 Å². The molecule has 5 heteroatoms. The second-order valence-electron chi connectivity index (χ2n) is 6.06. The van der Waals surface area contributed by atoms with Crippen molar-refractivity contribution in [3.63, 3.8) is 0 Å². The van der Waals surface area contributed by atoms with Crippen molar-refractivity contribution in [3.05, 3.63) is 90.5 Å². The average molecular weight is 398 g/mol. The molecule has 0 amide bonds. The highest BCUT2D eigenvalue weighted by atomic mass is 32.5. The van der Waals surface area contributed by atoms with E-state index >= 15 is 0 Å². The third kappa shape index (κ3) is 5.85. The average Bonchev–Trinajstić information content (AvgIpc) is 2.68. The van der Waals surface area contributed by atoms with Gasteiger partial charge in [0.1, 0.15) is 17.2 Å². The first-order valence-corrected chi connectivity index (χ1v) is 11.6. The molecule has 3 nitrogen and oxygen atoms in total. The summed E-state index contributed by atoms with van der Waals surface area (Å²) in [6.07, 6.45) is 3.13. The molecule has 0 aliphatic carbocycles. The summed E-state index contributed by atoms with van der Waals surface area (Å²) in [6.45, 7) is -0.939. The van der Waals surface area contributed by atoms with E-state index in [0.717, 1.165) is 30.6 Å². The molecule has 0 saturated carbocycles. The summed E-state index contributed by atoms with van der Waals surface area (Å²) in [7, 11) is 0. The van der Waals surface area contributed by atoms with Crippen molar-refractivity contribution < 1.29 is 13.6 Å². The molecule has 0 aromatic heterocycles. The molecule has 0 spiro atoms. The van der Waals surface area contributed by atoms with Gasteiger partial charge in [0.05, 0.1) is 0 Å². The quantitative estimate of drug-likeness (QED) is 0.371. The third-order valence-corrected chi connectivity index (χ3v) is 5.86. The zero-order valence-corrected chi connectivity index (χ0v) is 17.0. The van der Waals surface area contributed by atoms with Crippen molar-refractivity contribution in [2.75, 3.05) is 0 Å². The van der Waals surface area contributed by atoms with Crippen LogP contribution in [0.5, 0.6) is 17.2 Å². The zero-order chi connectivity index (χ0) is 19.0. The van der Waals surface area contributed by atoms with Gasteiger partial charge in [0.25, 0.3) is 0 Å². The number of aryl methyl sites for hydroxylation is 1. The number of hydrogen-bond acceptors (Lipinski definition) is 4. The van der Waals surface area contributed by atoms with E-state index in [0.29, 0.717) is 11.5 Å². The maximum Gasteiger partial charge on any atom is 0.490 e. The fourth-order valence-corrected chi connectivity index (χ4v) is 4.61. The summed E-state index contributed by atoms with van der Waals surface area (Å²) in [4.78, 5) is 0. The molecule has 27 heavy (non-hydrogen) atoms. The maximum absolute atomic E-state index is 6.22. The first-order chi connectivity index (χ1) is 13.2. The van der Waals surface area contributed by atoms with Crippen molar-refractivity contribution in [1.29, 1.82) is 0 Å². The highest BCUT2D eigenvalue weighted by Crippen LogP contribution is 2.50. The Morgan fingerprint density at radius 3 is 1.78 bits per heavy atom. The predicted molar refractivity (Wildman–Crippen MR) is 114 cm³/mol.